The average molecular weight is 178 g/mol. The summed E-state index contributed by atoms with van der Waals surface area (Å²) in [5.41, 5.74) is 4.10. The topological polar surface area (TPSA) is 54.6 Å². The summed E-state index contributed by atoms with van der Waals surface area (Å²) in [6, 6.07) is 1.90. The van der Waals surface area contributed by atoms with Crippen LogP contribution in [0.25, 0.3) is 0 Å². The van der Waals surface area contributed by atoms with Crippen LogP contribution in [-0.2, 0) is 4.79 Å². The highest BCUT2D eigenvalue weighted by atomic mass is 16.3. The van der Waals surface area contributed by atoms with Gasteiger partial charge in [-0.1, -0.05) is 0 Å². The maximum absolute atomic E-state index is 10.9. The van der Waals surface area contributed by atoms with Crippen molar-refractivity contribution in [3.63, 3.8) is 0 Å². The first-order valence-corrected chi connectivity index (χ1v) is 4.09. The minimum atomic E-state index is -0.0618. The molecule has 2 heterocycles. The fraction of sp³-hybridized carbons (Fsp3) is 0.333. The number of hydrogen-bond acceptors (Lipinski definition) is 3. The van der Waals surface area contributed by atoms with Crippen molar-refractivity contribution in [2.75, 3.05) is 0 Å². The van der Waals surface area contributed by atoms with Crippen LogP contribution in [0.5, 0.6) is 0 Å². The minimum Gasteiger partial charge on any atom is -0.466 e. The highest BCUT2D eigenvalue weighted by Gasteiger charge is 2.19. The standard InChI is InChI=1S/C9H10N2O2/c1-5-3-7(6(2)13-5)8-4-9(12)11-10-8/h3H,4H2,1-2H3,(H,11,12). The van der Waals surface area contributed by atoms with Gasteiger partial charge in [-0.15, -0.1) is 0 Å². The molecule has 2 rings (SSSR count). The first-order chi connectivity index (χ1) is 6.16. The van der Waals surface area contributed by atoms with Crippen LogP contribution in [0, 0.1) is 13.8 Å². The van der Waals surface area contributed by atoms with E-state index in [4.69, 9.17) is 4.42 Å². The molecule has 0 atom stereocenters. The summed E-state index contributed by atoms with van der Waals surface area (Å²) in [6.07, 6.45) is 0.347. The molecular weight excluding hydrogens is 168 g/mol. The largest absolute Gasteiger partial charge is 0.466 e. The van der Waals surface area contributed by atoms with E-state index in [0.29, 0.717) is 6.42 Å². The van der Waals surface area contributed by atoms with Gasteiger partial charge in [0.05, 0.1) is 12.1 Å². The first-order valence-electron chi connectivity index (χ1n) is 4.09. The molecule has 4 nitrogen and oxygen atoms in total. The van der Waals surface area contributed by atoms with Gasteiger partial charge in [-0.25, -0.2) is 5.43 Å². The zero-order chi connectivity index (χ0) is 9.42. The fourth-order valence-corrected chi connectivity index (χ4v) is 1.43. The predicted molar refractivity (Wildman–Crippen MR) is 47.5 cm³/mol. The van der Waals surface area contributed by atoms with Crippen LogP contribution in [-0.4, -0.2) is 11.6 Å². The minimum absolute atomic E-state index is 0.0618. The van der Waals surface area contributed by atoms with Gasteiger partial charge < -0.3 is 4.42 Å². The quantitative estimate of drug-likeness (QED) is 0.700. The number of hydrogen-bond donors (Lipinski definition) is 1. The number of aryl methyl sites for hydroxylation is 2. The third-order valence-electron chi connectivity index (χ3n) is 2.00. The Morgan fingerprint density at radius 3 is 2.77 bits per heavy atom. The van der Waals surface area contributed by atoms with Crippen molar-refractivity contribution in [3.8, 4) is 0 Å². The molecular formula is C9H10N2O2. The summed E-state index contributed by atoms with van der Waals surface area (Å²) in [7, 11) is 0. The van der Waals surface area contributed by atoms with E-state index in [9.17, 15) is 4.79 Å². The summed E-state index contributed by atoms with van der Waals surface area (Å²) < 4.78 is 5.34. The molecule has 0 radical (unpaired) electrons. The molecule has 0 saturated carbocycles. The van der Waals surface area contributed by atoms with E-state index in [1.54, 1.807) is 0 Å². The molecule has 0 saturated heterocycles. The number of amides is 1. The first kappa shape index (κ1) is 8.04. The number of nitrogens with one attached hydrogen (secondary N) is 1. The number of carbonyl (C=O) groups excluding carboxylic acids is 1. The number of hydrazone groups is 1. The Morgan fingerprint density at radius 1 is 1.54 bits per heavy atom. The van der Waals surface area contributed by atoms with Crippen molar-refractivity contribution in [1.29, 1.82) is 0 Å². The third kappa shape index (κ3) is 1.35. The zero-order valence-electron chi connectivity index (χ0n) is 7.55. The molecule has 1 amide bonds. The van der Waals surface area contributed by atoms with Crippen LogP contribution in [0.2, 0.25) is 0 Å². The molecule has 0 fully saturated rings. The van der Waals surface area contributed by atoms with E-state index in [1.165, 1.54) is 0 Å². The van der Waals surface area contributed by atoms with Crippen molar-refractivity contribution >= 4 is 11.6 Å². The van der Waals surface area contributed by atoms with E-state index < -0.39 is 0 Å². The van der Waals surface area contributed by atoms with Gasteiger partial charge in [0.1, 0.15) is 11.5 Å². The van der Waals surface area contributed by atoms with Crippen LogP contribution in [0.4, 0.5) is 0 Å². The van der Waals surface area contributed by atoms with Crippen molar-refractivity contribution in [3.05, 3.63) is 23.2 Å². The lowest BCUT2D eigenvalue weighted by molar-refractivity contribution is -0.119. The Hall–Kier alpha value is -1.58. The number of carbonyl (C=O) groups is 1. The number of nitrogens with zero attached hydrogens (tertiary/aromatic N) is 1. The molecule has 4 heteroatoms. The Balaban J connectivity index is 2.36. The summed E-state index contributed by atoms with van der Waals surface area (Å²) in [5, 5.41) is 3.92. The lowest BCUT2D eigenvalue weighted by Gasteiger charge is -1.92. The van der Waals surface area contributed by atoms with Gasteiger partial charge in [-0.3, -0.25) is 4.79 Å². The van der Waals surface area contributed by atoms with E-state index in [2.05, 4.69) is 10.5 Å². The fourth-order valence-electron chi connectivity index (χ4n) is 1.43. The summed E-state index contributed by atoms with van der Waals surface area (Å²) in [4.78, 5) is 10.9. The summed E-state index contributed by atoms with van der Waals surface area (Å²) >= 11 is 0. The molecule has 0 unspecified atom stereocenters. The van der Waals surface area contributed by atoms with Gasteiger partial charge in [0.15, 0.2) is 0 Å². The van der Waals surface area contributed by atoms with Crippen molar-refractivity contribution in [2.24, 2.45) is 5.10 Å². The van der Waals surface area contributed by atoms with Gasteiger partial charge >= 0.3 is 0 Å². The third-order valence-corrected chi connectivity index (χ3v) is 2.00. The molecule has 0 bridgehead atoms. The normalized spacial score (nSPS) is 15.8. The molecule has 1 aliphatic rings. The Kier molecular flexibility index (Phi) is 1.69. The van der Waals surface area contributed by atoms with Gasteiger partial charge in [-0.05, 0) is 19.9 Å². The van der Waals surface area contributed by atoms with Crippen molar-refractivity contribution in [1.82, 2.24) is 5.43 Å². The summed E-state index contributed by atoms with van der Waals surface area (Å²) in [6.45, 7) is 3.74. The Bertz CT molecular complexity index is 390. The van der Waals surface area contributed by atoms with Gasteiger partial charge in [0.2, 0.25) is 5.91 Å². The van der Waals surface area contributed by atoms with E-state index in [0.717, 1.165) is 22.8 Å². The highest BCUT2D eigenvalue weighted by molar-refractivity contribution is 6.14. The number of rotatable bonds is 1. The average Bonchev–Trinajstić information content (AvgIpc) is 2.58. The lowest BCUT2D eigenvalue weighted by Crippen LogP contribution is -2.09. The molecule has 1 aromatic heterocycles. The van der Waals surface area contributed by atoms with E-state index in [-0.39, 0.29) is 5.91 Å². The van der Waals surface area contributed by atoms with E-state index >= 15 is 0 Å². The smallest absolute Gasteiger partial charge is 0.246 e. The van der Waals surface area contributed by atoms with Crippen LogP contribution in [0.15, 0.2) is 15.6 Å². The Labute approximate surface area is 75.6 Å². The summed E-state index contributed by atoms with van der Waals surface area (Å²) in [5.74, 6) is 1.59. The second kappa shape index (κ2) is 2.73. The van der Waals surface area contributed by atoms with Crippen LogP contribution >= 0.6 is 0 Å². The van der Waals surface area contributed by atoms with Crippen molar-refractivity contribution < 1.29 is 9.21 Å². The van der Waals surface area contributed by atoms with Crippen LogP contribution < -0.4 is 5.43 Å². The predicted octanol–water partition coefficient (Wildman–Crippen LogP) is 1.12. The van der Waals surface area contributed by atoms with Crippen molar-refractivity contribution in [2.45, 2.75) is 20.3 Å². The Morgan fingerprint density at radius 2 is 2.31 bits per heavy atom. The van der Waals surface area contributed by atoms with Crippen LogP contribution in [0.3, 0.4) is 0 Å². The molecule has 0 spiro atoms. The zero-order valence-corrected chi connectivity index (χ0v) is 7.55. The second-order valence-electron chi connectivity index (χ2n) is 3.10. The van der Waals surface area contributed by atoms with Gasteiger partial charge in [-0.2, -0.15) is 5.10 Å². The SMILES string of the molecule is Cc1cc(C2=NNC(=O)C2)c(C)o1. The van der Waals surface area contributed by atoms with Gasteiger partial charge in [0, 0.05) is 5.56 Å². The highest BCUT2D eigenvalue weighted by Crippen LogP contribution is 2.17. The second-order valence-corrected chi connectivity index (χ2v) is 3.10. The van der Waals surface area contributed by atoms with Gasteiger partial charge in [0.25, 0.3) is 0 Å². The number of furan rings is 1. The molecule has 68 valence electrons. The molecule has 1 aromatic rings. The molecule has 0 aromatic carbocycles. The maximum atomic E-state index is 10.9. The van der Waals surface area contributed by atoms with Crippen LogP contribution in [0.1, 0.15) is 23.5 Å². The monoisotopic (exact) mass is 178 g/mol. The molecule has 1 aliphatic heterocycles. The molecule has 1 N–H and O–H groups in total. The van der Waals surface area contributed by atoms with E-state index in [1.807, 2.05) is 19.9 Å². The lowest BCUT2D eigenvalue weighted by atomic mass is 10.1. The molecule has 13 heavy (non-hydrogen) atoms. The molecule has 0 aliphatic carbocycles. The maximum Gasteiger partial charge on any atom is 0.246 e.